The lowest BCUT2D eigenvalue weighted by atomic mass is 10.1. The van der Waals surface area contributed by atoms with E-state index in [4.69, 9.17) is 10.6 Å². The molecule has 2 aliphatic rings. The Bertz CT molecular complexity index is 248. The predicted octanol–water partition coefficient (Wildman–Crippen LogP) is 1.36. The van der Waals surface area contributed by atoms with Gasteiger partial charge >= 0.3 is 0 Å². The molecule has 2 rings (SSSR count). The van der Waals surface area contributed by atoms with Crippen LogP contribution in [0.2, 0.25) is 0 Å². The van der Waals surface area contributed by atoms with Crippen molar-refractivity contribution >= 4 is 23.5 Å². The largest absolute Gasteiger partial charge is 0.496 e. The van der Waals surface area contributed by atoms with Gasteiger partial charge in [-0.3, -0.25) is 5.84 Å². The molecule has 1 saturated heterocycles. The van der Waals surface area contributed by atoms with Crippen molar-refractivity contribution in [2.24, 2.45) is 5.84 Å². The second kappa shape index (κ2) is 5.48. The van der Waals surface area contributed by atoms with Gasteiger partial charge in [0.15, 0.2) is 0 Å². The van der Waals surface area contributed by atoms with Crippen LogP contribution in [-0.2, 0) is 4.74 Å². The van der Waals surface area contributed by atoms with Crippen LogP contribution < -0.4 is 11.3 Å². The Labute approximate surface area is 99.5 Å². The zero-order valence-corrected chi connectivity index (χ0v) is 10.6. The smallest absolute Gasteiger partial charge is 0.112 e. The highest BCUT2D eigenvalue weighted by Crippen LogP contribution is 2.35. The fraction of sp³-hybridized carbons (Fsp3) is 0.800. The van der Waals surface area contributed by atoms with E-state index in [9.17, 15) is 0 Å². The molecule has 0 radical (unpaired) electrons. The highest BCUT2D eigenvalue weighted by Gasteiger charge is 2.33. The van der Waals surface area contributed by atoms with Crippen LogP contribution in [0.1, 0.15) is 13.3 Å². The maximum absolute atomic E-state index is 5.65. The Morgan fingerprint density at radius 1 is 1.53 bits per heavy atom. The van der Waals surface area contributed by atoms with Crippen LogP contribution in [-0.4, -0.2) is 34.7 Å². The van der Waals surface area contributed by atoms with Gasteiger partial charge in [0.1, 0.15) is 5.76 Å². The lowest BCUT2D eigenvalue weighted by molar-refractivity contribution is 0.213. The summed E-state index contributed by atoms with van der Waals surface area (Å²) in [5.74, 6) is 9.16. The van der Waals surface area contributed by atoms with Crippen molar-refractivity contribution in [3.05, 3.63) is 11.8 Å². The molecule has 86 valence electrons. The average Bonchev–Trinajstić information content (AvgIpc) is 2.75. The molecule has 2 aliphatic heterocycles. The first-order valence-electron chi connectivity index (χ1n) is 5.35. The molecule has 15 heavy (non-hydrogen) atoms. The monoisotopic (exact) mass is 246 g/mol. The van der Waals surface area contributed by atoms with Gasteiger partial charge in [0.05, 0.1) is 12.6 Å². The van der Waals surface area contributed by atoms with Crippen LogP contribution in [0.4, 0.5) is 0 Å². The minimum absolute atomic E-state index is 0.181. The van der Waals surface area contributed by atoms with E-state index in [1.807, 2.05) is 23.5 Å². The molecule has 5 heteroatoms. The number of rotatable bonds is 3. The van der Waals surface area contributed by atoms with Gasteiger partial charge in [0, 0.05) is 28.4 Å². The molecule has 3 unspecified atom stereocenters. The number of hydrogen-bond acceptors (Lipinski definition) is 5. The van der Waals surface area contributed by atoms with E-state index in [1.165, 1.54) is 11.5 Å². The molecule has 3 atom stereocenters. The highest BCUT2D eigenvalue weighted by molar-refractivity contribution is 8.07. The molecule has 0 saturated carbocycles. The Morgan fingerprint density at radius 2 is 2.33 bits per heavy atom. The Kier molecular flexibility index (Phi) is 4.25. The number of nitrogens with one attached hydrogen (secondary N) is 1. The van der Waals surface area contributed by atoms with Gasteiger partial charge in [-0.05, 0) is 6.08 Å². The molecule has 3 nitrogen and oxygen atoms in total. The number of hydrogen-bond donors (Lipinski definition) is 2. The van der Waals surface area contributed by atoms with Crippen LogP contribution in [0, 0.1) is 0 Å². The summed E-state index contributed by atoms with van der Waals surface area (Å²) in [5, 5.41) is 1.16. The van der Waals surface area contributed by atoms with E-state index in [0.717, 1.165) is 18.8 Å². The van der Waals surface area contributed by atoms with Gasteiger partial charge in [-0.2, -0.15) is 23.5 Å². The lowest BCUT2D eigenvalue weighted by Crippen LogP contribution is -2.48. The van der Waals surface area contributed by atoms with E-state index in [2.05, 4.69) is 18.4 Å². The second-order valence-corrected chi connectivity index (χ2v) is 6.57. The Hall–Kier alpha value is 0.160. The van der Waals surface area contributed by atoms with Gasteiger partial charge < -0.3 is 4.74 Å². The molecule has 0 bridgehead atoms. The maximum atomic E-state index is 5.65. The topological polar surface area (TPSA) is 47.3 Å². The normalized spacial score (nSPS) is 33.3. The van der Waals surface area contributed by atoms with Crippen molar-refractivity contribution in [1.82, 2.24) is 5.43 Å². The minimum Gasteiger partial charge on any atom is -0.496 e. The van der Waals surface area contributed by atoms with Crippen LogP contribution in [0.25, 0.3) is 0 Å². The van der Waals surface area contributed by atoms with Crippen LogP contribution in [0.15, 0.2) is 11.8 Å². The van der Waals surface area contributed by atoms with Crippen molar-refractivity contribution in [2.75, 3.05) is 18.1 Å². The third-order valence-corrected chi connectivity index (χ3v) is 5.98. The van der Waals surface area contributed by atoms with Crippen molar-refractivity contribution in [2.45, 2.75) is 29.9 Å². The molecule has 0 spiro atoms. The van der Waals surface area contributed by atoms with Crippen LogP contribution in [0.5, 0.6) is 0 Å². The van der Waals surface area contributed by atoms with Crippen LogP contribution >= 0.6 is 23.5 Å². The molecule has 0 aromatic heterocycles. The first-order valence-corrected chi connectivity index (χ1v) is 7.45. The van der Waals surface area contributed by atoms with Gasteiger partial charge in [-0.1, -0.05) is 6.92 Å². The summed E-state index contributed by atoms with van der Waals surface area (Å²) in [6, 6.07) is 0.181. The molecule has 3 N–H and O–H groups in total. The zero-order valence-electron chi connectivity index (χ0n) is 8.94. The first kappa shape index (κ1) is 11.6. The van der Waals surface area contributed by atoms with Crippen molar-refractivity contribution < 1.29 is 4.74 Å². The standard InChI is InChI=1S/C10H18N2OS2/c1-7-10(15-6-5-14-7)9(12-11)8-3-2-4-13-8/h3,7,9-10,12H,2,4-6,11H2,1H3. The average molecular weight is 246 g/mol. The lowest BCUT2D eigenvalue weighted by Gasteiger charge is -2.34. The SMILES string of the molecule is CC1SCCSC1C(NN)C1=CCCO1. The summed E-state index contributed by atoms with van der Waals surface area (Å²) in [4.78, 5) is 0. The van der Waals surface area contributed by atoms with Gasteiger partial charge in [0.2, 0.25) is 0 Å². The summed E-state index contributed by atoms with van der Waals surface area (Å²) in [7, 11) is 0. The molecule has 0 aromatic rings. The number of nitrogens with two attached hydrogens (primary N) is 1. The maximum Gasteiger partial charge on any atom is 0.112 e. The fourth-order valence-corrected chi connectivity index (χ4v) is 4.92. The van der Waals surface area contributed by atoms with Crippen molar-refractivity contribution in [3.8, 4) is 0 Å². The third kappa shape index (κ3) is 2.64. The summed E-state index contributed by atoms with van der Waals surface area (Å²) < 4.78 is 5.60. The van der Waals surface area contributed by atoms with E-state index in [-0.39, 0.29) is 6.04 Å². The summed E-state index contributed by atoms with van der Waals surface area (Å²) >= 11 is 4.04. The summed E-state index contributed by atoms with van der Waals surface area (Å²) in [6.07, 6.45) is 3.18. The first-order chi connectivity index (χ1) is 7.33. The third-order valence-electron chi connectivity index (χ3n) is 2.78. The number of ether oxygens (including phenoxy) is 1. The molecule has 0 aromatic carbocycles. The zero-order chi connectivity index (χ0) is 10.7. The summed E-state index contributed by atoms with van der Waals surface area (Å²) in [6.45, 7) is 3.09. The van der Waals surface area contributed by atoms with Crippen molar-refractivity contribution in [1.29, 1.82) is 0 Å². The fourth-order valence-electron chi connectivity index (χ4n) is 2.01. The molecule has 0 amide bonds. The van der Waals surface area contributed by atoms with Gasteiger partial charge in [-0.25, -0.2) is 5.43 Å². The molecular weight excluding hydrogens is 228 g/mol. The van der Waals surface area contributed by atoms with E-state index in [0.29, 0.717) is 10.5 Å². The van der Waals surface area contributed by atoms with E-state index in [1.54, 1.807) is 0 Å². The predicted molar refractivity (Wildman–Crippen MR) is 67.9 cm³/mol. The molecular formula is C10H18N2OS2. The molecule has 0 aliphatic carbocycles. The number of hydrazine groups is 1. The van der Waals surface area contributed by atoms with E-state index < -0.39 is 0 Å². The molecule has 1 fully saturated rings. The van der Waals surface area contributed by atoms with Crippen molar-refractivity contribution in [3.63, 3.8) is 0 Å². The Balaban J connectivity index is 2.03. The highest BCUT2D eigenvalue weighted by atomic mass is 32.2. The number of thioether (sulfide) groups is 2. The summed E-state index contributed by atoms with van der Waals surface area (Å²) in [5.41, 5.74) is 2.92. The second-order valence-electron chi connectivity index (χ2n) is 3.80. The van der Waals surface area contributed by atoms with Gasteiger partial charge in [-0.15, -0.1) is 0 Å². The quantitative estimate of drug-likeness (QED) is 0.581. The van der Waals surface area contributed by atoms with Crippen LogP contribution in [0.3, 0.4) is 0 Å². The molecule has 2 heterocycles. The minimum atomic E-state index is 0.181. The Morgan fingerprint density at radius 3 is 2.93 bits per heavy atom. The van der Waals surface area contributed by atoms with Gasteiger partial charge in [0.25, 0.3) is 0 Å². The van der Waals surface area contributed by atoms with E-state index >= 15 is 0 Å².